The summed E-state index contributed by atoms with van der Waals surface area (Å²) in [6.07, 6.45) is 14.1. The third-order valence-electron chi connectivity index (χ3n) is 7.30. The molecule has 3 heteroatoms. The van der Waals surface area contributed by atoms with E-state index in [0.717, 1.165) is 12.8 Å². The Morgan fingerprint density at radius 3 is 2.11 bits per heavy atom. The molecular formula is C32H36F2O. The summed E-state index contributed by atoms with van der Waals surface area (Å²) in [5.74, 6) is -0.510. The van der Waals surface area contributed by atoms with Crippen molar-refractivity contribution in [2.24, 2.45) is 5.92 Å². The zero-order valence-electron chi connectivity index (χ0n) is 20.9. The van der Waals surface area contributed by atoms with Crippen molar-refractivity contribution in [1.82, 2.24) is 0 Å². The van der Waals surface area contributed by atoms with Gasteiger partial charge in [-0.15, -0.1) is 0 Å². The van der Waals surface area contributed by atoms with Gasteiger partial charge in [-0.25, -0.2) is 4.39 Å². The van der Waals surface area contributed by atoms with Gasteiger partial charge in [-0.2, -0.15) is 4.39 Å². The highest BCUT2D eigenvalue weighted by Crippen LogP contribution is 2.36. The van der Waals surface area contributed by atoms with Gasteiger partial charge in [0.25, 0.3) is 0 Å². The molecule has 0 saturated heterocycles. The summed E-state index contributed by atoms with van der Waals surface area (Å²) in [6, 6.07) is 20.1. The van der Waals surface area contributed by atoms with Crippen molar-refractivity contribution in [2.75, 3.05) is 7.11 Å². The van der Waals surface area contributed by atoms with Gasteiger partial charge in [0.15, 0.2) is 11.6 Å². The van der Waals surface area contributed by atoms with Crippen molar-refractivity contribution in [2.45, 2.75) is 64.2 Å². The first-order valence-corrected chi connectivity index (χ1v) is 13.0. The van der Waals surface area contributed by atoms with Crippen LogP contribution in [0.2, 0.25) is 0 Å². The first-order chi connectivity index (χ1) is 17.1. The second kappa shape index (κ2) is 12.2. The minimum absolute atomic E-state index is 0.0794. The highest BCUT2D eigenvalue weighted by atomic mass is 19.2. The number of methoxy groups -OCH3 is 1. The molecule has 4 rings (SSSR count). The van der Waals surface area contributed by atoms with Crippen molar-refractivity contribution in [3.05, 3.63) is 101 Å². The van der Waals surface area contributed by atoms with Crippen LogP contribution in [-0.2, 0) is 12.8 Å². The lowest BCUT2D eigenvalue weighted by atomic mass is 9.78. The van der Waals surface area contributed by atoms with Crippen LogP contribution >= 0.6 is 0 Å². The average molecular weight is 475 g/mol. The fourth-order valence-corrected chi connectivity index (χ4v) is 5.19. The van der Waals surface area contributed by atoms with E-state index in [9.17, 15) is 8.78 Å². The number of hydrogen-bond acceptors (Lipinski definition) is 1. The third-order valence-corrected chi connectivity index (χ3v) is 7.30. The molecule has 1 aliphatic rings. The number of halogens is 2. The summed E-state index contributed by atoms with van der Waals surface area (Å²) in [5, 5.41) is 0. The van der Waals surface area contributed by atoms with E-state index in [-0.39, 0.29) is 11.3 Å². The SMILES string of the molecule is CCCc1ccc(C2CCC(/C=C/CCc3ccc(-c4ccc(OC)c(F)c4F)cc3)CC2)cc1. The van der Waals surface area contributed by atoms with Gasteiger partial charge in [0, 0.05) is 5.56 Å². The monoisotopic (exact) mass is 474 g/mol. The Bertz CT molecular complexity index is 1110. The van der Waals surface area contributed by atoms with Crippen LogP contribution in [0.1, 0.15) is 68.1 Å². The van der Waals surface area contributed by atoms with E-state index in [1.165, 1.54) is 68.4 Å². The molecule has 0 atom stereocenters. The fraction of sp³-hybridized carbons (Fsp3) is 0.375. The molecule has 0 bridgehead atoms. The summed E-state index contributed by atoms with van der Waals surface area (Å²) < 4.78 is 33.2. The predicted octanol–water partition coefficient (Wildman–Crippen LogP) is 9.06. The second-order valence-corrected chi connectivity index (χ2v) is 9.71. The van der Waals surface area contributed by atoms with E-state index in [0.29, 0.717) is 17.4 Å². The summed E-state index contributed by atoms with van der Waals surface area (Å²) in [7, 11) is 1.33. The number of hydrogen-bond donors (Lipinski definition) is 0. The van der Waals surface area contributed by atoms with Gasteiger partial charge in [-0.3, -0.25) is 0 Å². The molecule has 0 aliphatic heterocycles. The van der Waals surface area contributed by atoms with E-state index in [1.54, 1.807) is 6.07 Å². The Labute approximate surface area is 208 Å². The first-order valence-electron chi connectivity index (χ1n) is 13.0. The van der Waals surface area contributed by atoms with Crippen molar-refractivity contribution in [3.63, 3.8) is 0 Å². The zero-order valence-corrected chi connectivity index (χ0v) is 20.9. The van der Waals surface area contributed by atoms with E-state index < -0.39 is 11.6 Å². The summed E-state index contributed by atoms with van der Waals surface area (Å²) in [5.41, 5.74) is 5.07. The molecule has 1 saturated carbocycles. The van der Waals surface area contributed by atoms with Crippen LogP contribution in [0.4, 0.5) is 8.78 Å². The number of rotatable bonds is 9. The van der Waals surface area contributed by atoms with Gasteiger partial charge < -0.3 is 4.74 Å². The number of ether oxygens (including phenoxy) is 1. The quantitative estimate of drug-likeness (QED) is 0.281. The van der Waals surface area contributed by atoms with E-state index in [1.807, 2.05) is 24.3 Å². The maximum absolute atomic E-state index is 14.4. The topological polar surface area (TPSA) is 9.23 Å². The molecule has 3 aromatic rings. The summed E-state index contributed by atoms with van der Waals surface area (Å²) in [6.45, 7) is 2.23. The van der Waals surface area contributed by atoms with Gasteiger partial charge in [0.05, 0.1) is 7.11 Å². The summed E-state index contributed by atoms with van der Waals surface area (Å²) in [4.78, 5) is 0. The Kier molecular flexibility index (Phi) is 8.74. The Morgan fingerprint density at radius 2 is 1.46 bits per heavy atom. The Morgan fingerprint density at radius 1 is 0.800 bits per heavy atom. The van der Waals surface area contributed by atoms with Crippen LogP contribution in [0, 0.1) is 17.6 Å². The van der Waals surface area contributed by atoms with Crippen LogP contribution in [-0.4, -0.2) is 7.11 Å². The minimum atomic E-state index is -0.946. The molecule has 184 valence electrons. The average Bonchev–Trinajstić information content (AvgIpc) is 2.90. The van der Waals surface area contributed by atoms with Gasteiger partial charge in [0.2, 0.25) is 5.82 Å². The normalized spacial score (nSPS) is 18.2. The predicted molar refractivity (Wildman–Crippen MR) is 141 cm³/mol. The molecule has 1 fully saturated rings. The molecular weight excluding hydrogens is 438 g/mol. The van der Waals surface area contributed by atoms with E-state index >= 15 is 0 Å². The van der Waals surface area contributed by atoms with Crippen molar-refractivity contribution < 1.29 is 13.5 Å². The molecule has 1 aliphatic carbocycles. The fourth-order valence-electron chi connectivity index (χ4n) is 5.19. The number of benzene rings is 3. The Balaban J connectivity index is 1.24. The smallest absolute Gasteiger partial charge is 0.201 e. The first kappa shape index (κ1) is 25.2. The van der Waals surface area contributed by atoms with Crippen molar-refractivity contribution in [3.8, 4) is 16.9 Å². The maximum Gasteiger partial charge on any atom is 0.201 e. The van der Waals surface area contributed by atoms with Gasteiger partial charge in [-0.1, -0.05) is 74.0 Å². The van der Waals surface area contributed by atoms with Crippen molar-refractivity contribution in [1.29, 1.82) is 0 Å². The lowest BCUT2D eigenvalue weighted by molar-refractivity contribution is 0.372. The second-order valence-electron chi connectivity index (χ2n) is 9.71. The van der Waals surface area contributed by atoms with Gasteiger partial charge in [-0.05, 0) is 91.2 Å². The standard InChI is InChI=1S/C32H36F2O/c1-3-6-23-9-15-26(16-10-23)27-17-11-24(12-18-27)7-4-5-8-25-13-19-28(20-14-25)29-21-22-30(35-2)32(34)31(29)33/h4,7,9-10,13-16,19-22,24,27H,3,5-6,8,11-12,17-18H2,1-2H3/b7-4+. The number of allylic oxidation sites excluding steroid dienone is 2. The number of aryl methyl sites for hydroxylation is 2. The molecule has 0 unspecified atom stereocenters. The van der Waals surface area contributed by atoms with Gasteiger partial charge in [0.1, 0.15) is 0 Å². The molecule has 3 aromatic carbocycles. The molecule has 0 aromatic heterocycles. The maximum atomic E-state index is 14.4. The zero-order chi connectivity index (χ0) is 24.6. The molecule has 0 radical (unpaired) electrons. The van der Waals surface area contributed by atoms with Crippen LogP contribution < -0.4 is 4.74 Å². The molecule has 0 amide bonds. The minimum Gasteiger partial charge on any atom is -0.494 e. The highest BCUT2D eigenvalue weighted by Gasteiger charge is 2.20. The Hall–Kier alpha value is -2.94. The lowest BCUT2D eigenvalue weighted by Crippen LogP contribution is -2.11. The largest absolute Gasteiger partial charge is 0.494 e. The molecule has 1 nitrogen and oxygen atoms in total. The molecule has 0 heterocycles. The molecule has 0 spiro atoms. The van der Waals surface area contributed by atoms with Gasteiger partial charge >= 0.3 is 0 Å². The van der Waals surface area contributed by atoms with Crippen LogP contribution in [0.5, 0.6) is 5.75 Å². The van der Waals surface area contributed by atoms with Crippen LogP contribution in [0.15, 0.2) is 72.8 Å². The molecule has 0 N–H and O–H groups in total. The van der Waals surface area contributed by atoms with Crippen molar-refractivity contribution >= 4 is 0 Å². The van der Waals surface area contributed by atoms with E-state index in [4.69, 9.17) is 4.74 Å². The third kappa shape index (κ3) is 6.39. The molecule has 35 heavy (non-hydrogen) atoms. The highest BCUT2D eigenvalue weighted by molar-refractivity contribution is 5.65. The van der Waals surface area contributed by atoms with E-state index in [2.05, 4.69) is 43.3 Å². The van der Waals surface area contributed by atoms with Crippen LogP contribution in [0.3, 0.4) is 0 Å². The lowest BCUT2D eigenvalue weighted by Gasteiger charge is -2.27. The summed E-state index contributed by atoms with van der Waals surface area (Å²) >= 11 is 0. The van der Waals surface area contributed by atoms with Crippen LogP contribution in [0.25, 0.3) is 11.1 Å².